The molecule has 0 amide bonds. The fraction of sp³-hybridized carbons (Fsp3) is 0.974. The summed E-state index contributed by atoms with van der Waals surface area (Å²) in [6, 6.07) is 0. The summed E-state index contributed by atoms with van der Waals surface area (Å²) in [7, 11) is 0. The van der Waals surface area contributed by atoms with E-state index in [1.807, 2.05) is 0 Å². The molecule has 0 fully saturated rings. The molecule has 240 valence electrons. The molecule has 0 aromatic heterocycles. The minimum Gasteiger partial charge on any atom is -0.466 e. The molecular weight excluding hydrogens is 488 g/mol. The normalized spacial score (nSPS) is 14.0. The van der Waals surface area contributed by atoms with E-state index in [-0.39, 0.29) is 5.97 Å². The Hall–Kier alpha value is -0.530. The molecule has 0 N–H and O–H groups in total. The third-order valence-electron chi connectivity index (χ3n) is 9.12. The van der Waals surface area contributed by atoms with Crippen LogP contribution < -0.4 is 0 Å². The van der Waals surface area contributed by atoms with Crippen molar-refractivity contribution < 1.29 is 9.53 Å². The van der Waals surface area contributed by atoms with Crippen molar-refractivity contribution in [2.75, 3.05) is 6.61 Å². The molecule has 0 aliphatic carbocycles. The van der Waals surface area contributed by atoms with Gasteiger partial charge in [-0.2, -0.15) is 0 Å². The van der Waals surface area contributed by atoms with Crippen LogP contribution in [0.5, 0.6) is 0 Å². The predicted octanol–water partition coefficient (Wildman–Crippen LogP) is 13.3. The molecule has 2 nitrogen and oxygen atoms in total. The Kier molecular flexibility index (Phi) is 29.5. The molecule has 0 aromatic carbocycles. The number of esters is 1. The van der Waals surface area contributed by atoms with E-state index >= 15 is 0 Å². The summed E-state index contributed by atoms with van der Waals surface area (Å²) in [4.78, 5) is 12.1. The highest BCUT2D eigenvalue weighted by molar-refractivity contribution is 5.69. The molecule has 0 aromatic rings. The average molecular weight is 565 g/mol. The number of unbranched alkanes of at least 4 members (excludes halogenated alkanes) is 14. The quantitative estimate of drug-likeness (QED) is 0.0618. The van der Waals surface area contributed by atoms with Crippen molar-refractivity contribution in [1.29, 1.82) is 0 Å². The lowest BCUT2D eigenvalue weighted by molar-refractivity contribution is -0.144. The van der Waals surface area contributed by atoms with E-state index in [4.69, 9.17) is 4.74 Å². The van der Waals surface area contributed by atoms with Crippen LogP contribution in [0.2, 0.25) is 0 Å². The van der Waals surface area contributed by atoms with Crippen LogP contribution in [0.3, 0.4) is 0 Å². The summed E-state index contributed by atoms with van der Waals surface area (Å²) in [5.74, 6) is 3.28. The van der Waals surface area contributed by atoms with Gasteiger partial charge in [-0.3, -0.25) is 4.79 Å². The van der Waals surface area contributed by atoms with Crippen molar-refractivity contribution >= 4 is 5.97 Å². The topological polar surface area (TPSA) is 26.3 Å². The lowest BCUT2D eigenvalue weighted by Crippen LogP contribution is -2.09. The lowest BCUT2D eigenvalue weighted by atomic mass is 9.91. The SMILES string of the molecule is CCCCCCCCCCCCCCCCCC(=O)OCCC(C)CCC[C@H](C)CCC[C@H](C)CCCC(C)C. The predicted molar refractivity (Wildman–Crippen MR) is 179 cm³/mol. The van der Waals surface area contributed by atoms with Crippen LogP contribution >= 0.6 is 0 Å². The number of rotatable bonds is 31. The Labute approximate surface area is 254 Å². The van der Waals surface area contributed by atoms with Crippen molar-refractivity contribution in [3.8, 4) is 0 Å². The number of hydrogen-bond donors (Lipinski definition) is 0. The summed E-state index contributed by atoms with van der Waals surface area (Å²) < 4.78 is 5.54. The third-order valence-corrected chi connectivity index (χ3v) is 9.12. The van der Waals surface area contributed by atoms with Gasteiger partial charge in [-0.15, -0.1) is 0 Å². The second-order valence-corrected chi connectivity index (χ2v) is 14.2. The molecule has 0 spiro atoms. The standard InChI is InChI=1S/C38H76O2/c1-7-8-9-10-11-12-13-14-15-16-17-18-19-20-21-31-38(39)40-33-32-37(6)30-24-29-36(5)28-23-27-35(4)26-22-25-34(2)3/h34-37H,7-33H2,1-6H3/t35-,36-,37?/m1/s1. The Balaban J connectivity index is 3.44. The molecule has 0 heterocycles. The number of carbonyl (C=O) groups is 1. The van der Waals surface area contributed by atoms with Gasteiger partial charge in [0.15, 0.2) is 0 Å². The zero-order valence-electron chi connectivity index (χ0n) is 28.7. The van der Waals surface area contributed by atoms with Crippen LogP contribution in [0.4, 0.5) is 0 Å². The van der Waals surface area contributed by atoms with Gasteiger partial charge >= 0.3 is 5.97 Å². The first-order valence-corrected chi connectivity index (χ1v) is 18.5. The molecule has 40 heavy (non-hydrogen) atoms. The fourth-order valence-corrected chi connectivity index (χ4v) is 6.02. The highest BCUT2D eigenvalue weighted by Crippen LogP contribution is 2.23. The van der Waals surface area contributed by atoms with Gasteiger partial charge in [0, 0.05) is 6.42 Å². The zero-order chi connectivity index (χ0) is 29.7. The largest absolute Gasteiger partial charge is 0.466 e. The molecule has 0 bridgehead atoms. The lowest BCUT2D eigenvalue weighted by Gasteiger charge is -2.16. The first-order valence-electron chi connectivity index (χ1n) is 18.5. The Bertz CT molecular complexity index is 514. The first-order chi connectivity index (χ1) is 19.3. The van der Waals surface area contributed by atoms with Crippen molar-refractivity contribution in [1.82, 2.24) is 0 Å². The number of hydrogen-bond acceptors (Lipinski definition) is 2. The molecule has 1 unspecified atom stereocenters. The second kappa shape index (κ2) is 29.9. The van der Waals surface area contributed by atoms with E-state index in [0.29, 0.717) is 18.9 Å². The molecule has 0 rings (SSSR count). The molecule has 0 radical (unpaired) electrons. The molecule has 2 heteroatoms. The molecule has 0 saturated heterocycles. The van der Waals surface area contributed by atoms with Gasteiger partial charge in [0.25, 0.3) is 0 Å². The maximum Gasteiger partial charge on any atom is 0.305 e. The Morgan fingerprint density at radius 2 is 0.800 bits per heavy atom. The zero-order valence-corrected chi connectivity index (χ0v) is 28.7. The van der Waals surface area contributed by atoms with Crippen LogP contribution in [0, 0.1) is 23.7 Å². The van der Waals surface area contributed by atoms with E-state index in [1.165, 1.54) is 148 Å². The van der Waals surface area contributed by atoms with Crippen molar-refractivity contribution in [2.24, 2.45) is 23.7 Å². The van der Waals surface area contributed by atoms with Crippen LogP contribution in [0.15, 0.2) is 0 Å². The maximum absolute atomic E-state index is 12.1. The Morgan fingerprint density at radius 3 is 1.20 bits per heavy atom. The van der Waals surface area contributed by atoms with Crippen molar-refractivity contribution in [3.63, 3.8) is 0 Å². The van der Waals surface area contributed by atoms with E-state index in [0.717, 1.165) is 30.6 Å². The highest BCUT2D eigenvalue weighted by atomic mass is 16.5. The van der Waals surface area contributed by atoms with Gasteiger partial charge in [-0.25, -0.2) is 0 Å². The summed E-state index contributed by atoms with van der Waals surface area (Å²) in [5, 5.41) is 0. The van der Waals surface area contributed by atoms with E-state index in [2.05, 4.69) is 41.5 Å². The van der Waals surface area contributed by atoms with Crippen LogP contribution in [-0.4, -0.2) is 12.6 Å². The second-order valence-electron chi connectivity index (χ2n) is 14.2. The van der Waals surface area contributed by atoms with E-state index < -0.39 is 0 Å². The van der Waals surface area contributed by atoms with Gasteiger partial charge < -0.3 is 4.74 Å². The number of ether oxygens (including phenoxy) is 1. The molecule has 0 saturated carbocycles. The molecule has 3 atom stereocenters. The maximum atomic E-state index is 12.1. The van der Waals surface area contributed by atoms with Gasteiger partial charge in [0.2, 0.25) is 0 Å². The van der Waals surface area contributed by atoms with E-state index in [9.17, 15) is 4.79 Å². The van der Waals surface area contributed by atoms with Gasteiger partial charge in [-0.1, -0.05) is 189 Å². The third kappa shape index (κ3) is 30.4. The van der Waals surface area contributed by atoms with Crippen LogP contribution in [-0.2, 0) is 9.53 Å². The minimum atomic E-state index is 0.0222. The van der Waals surface area contributed by atoms with E-state index in [1.54, 1.807) is 0 Å². The molecule has 0 aliphatic heterocycles. The van der Waals surface area contributed by atoms with Crippen molar-refractivity contribution in [3.05, 3.63) is 0 Å². The van der Waals surface area contributed by atoms with Crippen LogP contribution in [0.1, 0.15) is 208 Å². The highest BCUT2D eigenvalue weighted by Gasteiger charge is 2.09. The average Bonchev–Trinajstić information content (AvgIpc) is 2.90. The summed E-state index contributed by atoms with van der Waals surface area (Å²) in [6.45, 7) is 14.8. The summed E-state index contributed by atoms with van der Waals surface area (Å²) in [6.07, 6.45) is 34.3. The summed E-state index contributed by atoms with van der Waals surface area (Å²) in [5.41, 5.74) is 0. The minimum absolute atomic E-state index is 0.0222. The smallest absolute Gasteiger partial charge is 0.305 e. The monoisotopic (exact) mass is 565 g/mol. The van der Waals surface area contributed by atoms with Crippen molar-refractivity contribution in [2.45, 2.75) is 208 Å². The van der Waals surface area contributed by atoms with Gasteiger partial charge in [0.05, 0.1) is 6.61 Å². The van der Waals surface area contributed by atoms with Crippen LogP contribution in [0.25, 0.3) is 0 Å². The number of carbonyl (C=O) groups excluding carboxylic acids is 1. The molecule has 0 aliphatic rings. The fourth-order valence-electron chi connectivity index (χ4n) is 6.02. The molecular formula is C38H76O2. The first kappa shape index (κ1) is 39.5. The summed E-state index contributed by atoms with van der Waals surface area (Å²) >= 11 is 0. The van der Waals surface area contributed by atoms with Gasteiger partial charge in [-0.05, 0) is 36.5 Å². The van der Waals surface area contributed by atoms with Gasteiger partial charge in [0.1, 0.15) is 0 Å². The Morgan fingerprint density at radius 1 is 0.450 bits per heavy atom.